The first-order valence-electron chi connectivity index (χ1n) is 6.60. The van der Waals surface area contributed by atoms with Crippen molar-refractivity contribution < 1.29 is 14.0 Å². The summed E-state index contributed by atoms with van der Waals surface area (Å²) in [5.41, 5.74) is 0.455. The van der Waals surface area contributed by atoms with Crippen molar-refractivity contribution in [2.24, 2.45) is 0 Å². The highest BCUT2D eigenvalue weighted by atomic mass is 32.2. The van der Waals surface area contributed by atoms with E-state index in [-0.39, 0.29) is 24.2 Å². The molecule has 0 aliphatic carbocycles. The van der Waals surface area contributed by atoms with Crippen LogP contribution in [0.4, 0.5) is 4.39 Å². The number of fused-ring (bicyclic) bond motifs is 1. The van der Waals surface area contributed by atoms with E-state index in [1.807, 2.05) is 0 Å². The maximum absolute atomic E-state index is 13.5. The summed E-state index contributed by atoms with van der Waals surface area (Å²) in [6.45, 7) is 0.770. The molecule has 2 amide bonds. The third kappa shape index (κ3) is 2.08. The number of rotatable bonds is 3. The number of carbonyl (C=O) groups is 2. The monoisotopic (exact) mass is 294 g/mol. The molecule has 0 bridgehead atoms. The van der Waals surface area contributed by atoms with Crippen LogP contribution >= 0.6 is 11.8 Å². The number of amides is 2. The molecule has 0 spiro atoms. The van der Waals surface area contributed by atoms with Gasteiger partial charge < -0.3 is 10.2 Å². The fraction of sp³-hybridized carbons (Fsp3) is 0.429. The Labute approximate surface area is 120 Å². The lowest BCUT2D eigenvalue weighted by Crippen LogP contribution is -2.50. The van der Waals surface area contributed by atoms with Gasteiger partial charge in [-0.05, 0) is 12.5 Å². The second-order valence-electron chi connectivity index (χ2n) is 4.95. The number of halogens is 1. The zero-order chi connectivity index (χ0) is 14.2. The van der Waals surface area contributed by atoms with Gasteiger partial charge >= 0.3 is 0 Å². The van der Waals surface area contributed by atoms with Gasteiger partial charge in [-0.1, -0.05) is 18.2 Å². The molecule has 1 aromatic rings. The molecule has 106 valence electrons. The summed E-state index contributed by atoms with van der Waals surface area (Å²) in [6, 6.07) is 6.37. The molecule has 1 atom stereocenters. The van der Waals surface area contributed by atoms with Gasteiger partial charge in [0, 0.05) is 30.8 Å². The Morgan fingerprint density at radius 1 is 1.45 bits per heavy atom. The van der Waals surface area contributed by atoms with Crippen LogP contribution in [0.3, 0.4) is 0 Å². The first-order valence-corrected chi connectivity index (χ1v) is 7.58. The third-order valence-electron chi connectivity index (χ3n) is 3.82. The van der Waals surface area contributed by atoms with E-state index < -0.39 is 4.87 Å². The Balaban J connectivity index is 1.71. The zero-order valence-electron chi connectivity index (χ0n) is 10.9. The smallest absolute Gasteiger partial charge is 0.256 e. The van der Waals surface area contributed by atoms with Crippen LogP contribution in [0.2, 0.25) is 0 Å². The fourth-order valence-corrected chi connectivity index (χ4v) is 4.18. The molecular formula is C14H15FN2O2S. The summed E-state index contributed by atoms with van der Waals surface area (Å²) in [6.07, 6.45) is 0.958. The van der Waals surface area contributed by atoms with E-state index in [1.54, 1.807) is 23.1 Å². The minimum atomic E-state index is -0.762. The second-order valence-corrected chi connectivity index (χ2v) is 6.32. The summed E-state index contributed by atoms with van der Waals surface area (Å²) in [7, 11) is 0. The van der Waals surface area contributed by atoms with Gasteiger partial charge in [0.05, 0.1) is 0 Å². The first kappa shape index (κ1) is 13.4. The molecule has 0 radical (unpaired) electrons. The van der Waals surface area contributed by atoms with Gasteiger partial charge in [0.1, 0.15) is 5.82 Å². The Hall–Kier alpha value is -1.56. The number of nitrogens with zero attached hydrogens (tertiary/aromatic N) is 1. The first-order chi connectivity index (χ1) is 9.63. The van der Waals surface area contributed by atoms with Crippen LogP contribution in [-0.4, -0.2) is 33.9 Å². The number of benzene rings is 1. The minimum absolute atomic E-state index is 0.0380. The van der Waals surface area contributed by atoms with Gasteiger partial charge in [0.25, 0.3) is 5.91 Å². The zero-order valence-corrected chi connectivity index (χ0v) is 11.7. The Morgan fingerprint density at radius 3 is 3.05 bits per heavy atom. The fourth-order valence-electron chi connectivity index (χ4n) is 2.77. The van der Waals surface area contributed by atoms with Crippen LogP contribution in [0.5, 0.6) is 0 Å². The molecule has 4 nitrogen and oxygen atoms in total. The molecule has 1 aromatic carbocycles. The van der Waals surface area contributed by atoms with E-state index in [9.17, 15) is 14.0 Å². The van der Waals surface area contributed by atoms with Crippen molar-refractivity contribution in [3.05, 3.63) is 35.6 Å². The SMILES string of the molecule is O=C1CC[C@@]2(C(=O)NCc3ccccc3F)SCCN12. The average Bonchev–Trinajstić information content (AvgIpc) is 3.00. The van der Waals surface area contributed by atoms with E-state index in [4.69, 9.17) is 0 Å². The average molecular weight is 294 g/mol. The van der Waals surface area contributed by atoms with Crippen LogP contribution < -0.4 is 5.32 Å². The van der Waals surface area contributed by atoms with Crippen LogP contribution in [0.1, 0.15) is 18.4 Å². The molecule has 1 N–H and O–H groups in total. The van der Waals surface area contributed by atoms with E-state index in [1.165, 1.54) is 17.8 Å². The van der Waals surface area contributed by atoms with Crippen LogP contribution in [0.15, 0.2) is 24.3 Å². The Kier molecular flexibility index (Phi) is 3.41. The van der Waals surface area contributed by atoms with Crippen molar-refractivity contribution in [2.45, 2.75) is 24.3 Å². The van der Waals surface area contributed by atoms with Crippen LogP contribution in [0.25, 0.3) is 0 Å². The number of carbonyl (C=O) groups excluding carboxylic acids is 2. The minimum Gasteiger partial charge on any atom is -0.349 e. The summed E-state index contributed by atoms with van der Waals surface area (Å²) in [5.74, 6) is 0.299. The van der Waals surface area contributed by atoms with Crippen molar-refractivity contribution >= 4 is 23.6 Å². The van der Waals surface area contributed by atoms with Gasteiger partial charge in [0.15, 0.2) is 4.87 Å². The van der Waals surface area contributed by atoms with E-state index in [0.29, 0.717) is 24.9 Å². The molecule has 2 aliphatic heterocycles. The molecule has 6 heteroatoms. The number of nitrogens with one attached hydrogen (secondary N) is 1. The molecule has 0 unspecified atom stereocenters. The largest absolute Gasteiger partial charge is 0.349 e. The van der Waals surface area contributed by atoms with Crippen LogP contribution in [-0.2, 0) is 16.1 Å². The summed E-state index contributed by atoms with van der Waals surface area (Å²) >= 11 is 1.51. The standard InChI is InChI=1S/C14H15FN2O2S/c15-11-4-2-1-3-10(11)9-16-13(19)14-6-5-12(18)17(14)7-8-20-14/h1-4H,5-9H2,(H,16,19)/t14-/m0/s1. The molecular weight excluding hydrogens is 279 g/mol. The molecule has 0 saturated carbocycles. The Morgan fingerprint density at radius 2 is 2.25 bits per heavy atom. The van der Waals surface area contributed by atoms with Crippen LogP contribution in [0, 0.1) is 5.82 Å². The van der Waals surface area contributed by atoms with Crippen molar-refractivity contribution in [2.75, 3.05) is 12.3 Å². The lowest BCUT2D eigenvalue weighted by Gasteiger charge is -2.29. The lowest BCUT2D eigenvalue weighted by molar-refractivity contribution is -0.135. The van der Waals surface area contributed by atoms with Gasteiger partial charge in [-0.25, -0.2) is 4.39 Å². The molecule has 2 fully saturated rings. The lowest BCUT2D eigenvalue weighted by atomic mass is 10.1. The van der Waals surface area contributed by atoms with E-state index in [0.717, 1.165) is 5.75 Å². The molecule has 0 aromatic heterocycles. The summed E-state index contributed by atoms with van der Waals surface area (Å²) < 4.78 is 13.5. The normalized spacial score (nSPS) is 24.9. The van der Waals surface area contributed by atoms with Crippen molar-refractivity contribution in [3.63, 3.8) is 0 Å². The number of hydrogen-bond donors (Lipinski definition) is 1. The topological polar surface area (TPSA) is 49.4 Å². The van der Waals surface area contributed by atoms with Crippen molar-refractivity contribution in [1.82, 2.24) is 10.2 Å². The predicted molar refractivity (Wildman–Crippen MR) is 74.4 cm³/mol. The van der Waals surface area contributed by atoms with E-state index >= 15 is 0 Å². The third-order valence-corrected chi connectivity index (χ3v) is 5.30. The van der Waals surface area contributed by atoms with Gasteiger partial charge in [-0.15, -0.1) is 11.8 Å². The maximum atomic E-state index is 13.5. The molecule has 2 heterocycles. The van der Waals surface area contributed by atoms with Gasteiger partial charge in [-0.3, -0.25) is 9.59 Å². The molecule has 20 heavy (non-hydrogen) atoms. The highest BCUT2D eigenvalue weighted by Gasteiger charge is 2.54. The maximum Gasteiger partial charge on any atom is 0.256 e. The van der Waals surface area contributed by atoms with Crippen molar-refractivity contribution in [1.29, 1.82) is 0 Å². The Bertz CT molecular complexity index is 566. The second kappa shape index (κ2) is 5.09. The van der Waals surface area contributed by atoms with Gasteiger partial charge in [0.2, 0.25) is 5.91 Å². The quantitative estimate of drug-likeness (QED) is 0.919. The summed E-state index contributed by atoms with van der Waals surface area (Å²) in [5, 5.41) is 2.77. The highest BCUT2D eigenvalue weighted by molar-refractivity contribution is 8.01. The summed E-state index contributed by atoms with van der Waals surface area (Å²) in [4.78, 5) is 25.1. The molecule has 3 rings (SSSR count). The van der Waals surface area contributed by atoms with Crippen molar-refractivity contribution in [3.8, 4) is 0 Å². The highest BCUT2D eigenvalue weighted by Crippen LogP contribution is 2.44. The molecule has 2 saturated heterocycles. The number of hydrogen-bond acceptors (Lipinski definition) is 3. The molecule has 2 aliphatic rings. The van der Waals surface area contributed by atoms with E-state index in [2.05, 4.69) is 5.32 Å². The van der Waals surface area contributed by atoms with Gasteiger partial charge in [-0.2, -0.15) is 0 Å². The predicted octanol–water partition coefficient (Wildman–Crippen LogP) is 1.51. The number of thioether (sulfide) groups is 1.